The van der Waals surface area contributed by atoms with Crippen LogP contribution in [0.4, 0.5) is 11.6 Å². The van der Waals surface area contributed by atoms with Crippen LogP contribution in [-0.2, 0) is 0 Å². The highest BCUT2D eigenvalue weighted by Crippen LogP contribution is 2.18. The Bertz CT molecular complexity index is 798. The van der Waals surface area contributed by atoms with Gasteiger partial charge in [0.15, 0.2) is 0 Å². The monoisotopic (exact) mass is 271 g/mol. The van der Waals surface area contributed by atoms with Gasteiger partial charge in [0, 0.05) is 10.7 Å². The van der Waals surface area contributed by atoms with Gasteiger partial charge < -0.3 is 5.32 Å². The molecule has 0 amide bonds. The number of anilines is 2. The summed E-state index contributed by atoms with van der Waals surface area (Å²) in [7, 11) is 0. The summed E-state index contributed by atoms with van der Waals surface area (Å²) in [5.41, 5.74) is 1.25. The third-order valence-corrected chi connectivity index (χ3v) is 2.94. The van der Waals surface area contributed by atoms with Crippen LogP contribution in [0.5, 0.6) is 0 Å². The maximum Gasteiger partial charge on any atom is 0.260 e. The fourth-order valence-electron chi connectivity index (χ4n) is 1.85. The number of nitrogens with one attached hydrogen (secondary N) is 2. The van der Waals surface area contributed by atoms with Crippen molar-refractivity contribution in [2.75, 3.05) is 5.32 Å². The minimum absolute atomic E-state index is 0.171. The van der Waals surface area contributed by atoms with Crippen LogP contribution in [0.2, 0.25) is 5.02 Å². The van der Waals surface area contributed by atoms with Gasteiger partial charge in [-0.15, -0.1) is 0 Å². The zero-order valence-electron chi connectivity index (χ0n) is 9.85. The van der Waals surface area contributed by atoms with Crippen LogP contribution in [0, 0.1) is 0 Å². The molecule has 2 aromatic carbocycles. The predicted octanol–water partition coefficient (Wildman–Crippen LogP) is 3.32. The average molecular weight is 272 g/mol. The van der Waals surface area contributed by atoms with Gasteiger partial charge in [-0.2, -0.15) is 0 Å². The van der Waals surface area contributed by atoms with E-state index in [9.17, 15) is 4.79 Å². The Morgan fingerprint density at radius 2 is 1.95 bits per heavy atom. The highest BCUT2D eigenvalue weighted by atomic mass is 35.5. The number of H-pyrrole nitrogens is 1. The lowest BCUT2D eigenvalue weighted by molar-refractivity contribution is 1.17. The van der Waals surface area contributed by atoms with Crippen LogP contribution in [-0.4, -0.2) is 9.97 Å². The SMILES string of the molecule is O=c1[nH]c(Nc2cccc(Cl)c2)nc2ccccc12. The van der Waals surface area contributed by atoms with Crippen molar-refractivity contribution in [2.24, 2.45) is 0 Å². The molecule has 94 valence electrons. The molecule has 1 aromatic heterocycles. The third kappa shape index (κ3) is 2.44. The van der Waals surface area contributed by atoms with Gasteiger partial charge in [-0.05, 0) is 30.3 Å². The quantitative estimate of drug-likeness (QED) is 0.752. The van der Waals surface area contributed by atoms with Crippen molar-refractivity contribution in [1.82, 2.24) is 9.97 Å². The lowest BCUT2D eigenvalue weighted by atomic mass is 10.2. The molecule has 2 N–H and O–H groups in total. The number of rotatable bonds is 2. The standard InChI is InChI=1S/C14H10ClN3O/c15-9-4-3-5-10(8-9)16-14-17-12-7-2-1-6-11(12)13(19)18-14/h1-8H,(H2,16,17,18,19). The van der Waals surface area contributed by atoms with Gasteiger partial charge in [0.2, 0.25) is 5.95 Å². The molecule has 0 saturated heterocycles. The van der Waals surface area contributed by atoms with E-state index in [1.165, 1.54) is 0 Å². The fourth-order valence-corrected chi connectivity index (χ4v) is 2.04. The Labute approximate surface area is 114 Å². The summed E-state index contributed by atoms with van der Waals surface area (Å²) >= 11 is 5.91. The average Bonchev–Trinajstić information content (AvgIpc) is 2.39. The van der Waals surface area contributed by atoms with Gasteiger partial charge in [0.05, 0.1) is 10.9 Å². The predicted molar refractivity (Wildman–Crippen MR) is 77.1 cm³/mol. The minimum Gasteiger partial charge on any atom is -0.326 e. The maximum atomic E-state index is 11.9. The van der Waals surface area contributed by atoms with Crippen LogP contribution in [0.25, 0.3) is 10.9 Å². The second-order valence-corrected chi connectivity index (χ2v) is 4.50. The van der Waals surface area contributed by atoms with Crippen LogP contribution in [0.15, 0.2) is 53.3 Å². The molecule has 0 aliphatic rings. The summed E-state index contributed by atoms with van der Waals surface area (Å²) in [6, 6.07) is 14.4. The molecule has 0 fully saturated rings. The number of aromatic amines is 1. The highest BCUT2D eigenvalue weighted by Gasteiger charge is 2.03. The first kappa shape index (κ1) is 11.7. The number of para-hydroxylation sites is 1. The molecule has 0 spiro atoms. The molecule has 3 rings (SSSR count). The molecular formula is C14H10ClN3O. The molecule has 1 heterocycles. The summed E-state index contributed by atoms with van der Waals surface area (Å²) in [5, 5.41) is 4.21. The number of hydrogen-bond acceptors (Lipinski definition) is 3. The van der Waals surface area contributed by atoms with Gasteiger partial charge >= 0.3 is 0 Å². The Kier molecular flexibility index (Phi) is 2.93. The van der Waals surface area contributed by atoms with Crippen molar-refractivity contribution in [3.05, 3.63) is 63.9 Å². The number of fused-ring (bicyclic) bond motifs is 1. The van der Waals surface area contributed by atoms with Crippen LogP contribution in [0.3, 0.4) is 0 Å². The second kappa shape index (κ2) is 4.74. The number of aromatic nitrogens is 2. The Balaban J connectivity index is 2.04. The van der Waals surface area contributed by atoms with Gasteiger partial charge in [0.1, 0.15) is 0 Å². The molecule has 0 aliphatic carbocycles. The number of benzene rings is 2. The molecule has 19 heavy (non-hydrogen) atoms. The smallest absolute Gasteiger partial charge is 0.260 e. The number of nitrogens with zero attached hydrogens (tertiary/aromatic N) is 1. The summed E-state index contributed by atoms with van der Waals surface area (Å²) in [4.78, 5) is 18.9. The largest absolute Gasteiger partial charge is 0.326 e. The molecular weight excluding hydrogens is 262 g/mol. The van der Waals surface area contributed by atoms with E-state index in [2.05, 4.69) is 15.3 Å². The first-order valence-electron chi connectivity index (χ1n) is 5.74. The third-order valence-electron chi connectivity index (χ3n) is 2.70. The van der Waals surface area contributed by atoms with Gasteiger partial charge in [0.25, 0.3) is 5.56 Å². The highest BCUT2D eigenvalue weighted by molar-refractivity contribution is 6.30. The van der Waals surface area contributed by atoms with Gasteiger partial charge in [-0.25, -0.2) is 4.98 Å². The summed E-state index contributed by atoms with van der Waals surface area (Å²) in [6.45, 7) is 0. The van der Waals surface area contributed by atoms with Gasteiger partial charge in [-0.1, -0.05) is 29.8 Å². The van der Waals surface area contributed by atoms with E-state index < -0.39 is 0 Å². The van der Waals surface area contributed by atoms with Crippen molar-refractivity contribution < 1.29 is 0 Å². The van der Waals surface area contributed by atoms with Gasteiger partial charge in [-0.3, -0.25) is 9.78 Å². The summed E-state index contributed by atoms with van der Waals surface area (Å²) < 4.78 is 0. The summed E-state index contributed by atoms with van der Waals surface area (Å²) in [5.74, 6) is 0.394. The molecule has 0 unspecified atom stereocenters. The maximum absolute atomic E-state index is 11.9. The Hall–Kier alpha value is -2.33. The molecule has 5 heteroatoms. The molecule has 4 nitrogen and oxygen atoms in total. The molecule has 0 radical (unpaired) electrons. The number of hydrogen-bond donors (Lipinski definition) is 2. The van der Waals surface area contributed by atoms with Crippen molar-refractivity contribution in [3.8, 4) is 0 Å². The Morgan fingerprint density at radius 3 is 2.79 bits per heavy atom. The van der Waals surface area contributed by atoms with E-state index in [-0.39, 0.29) is 5.56 Å². The fraction of sp³-hybridized carbons (Fsp3) is 0. The lowest BCUT2D eigenvalue weighted by Gasteiger charge is -2.06. The topological polar surface area (TPSA) is 57.8 Å². The van der Waals surface area contributed by atoms with Crippen molar-refractivity contribution in [3.63, 3.8) is 0 Å². The first-order valence-corrected chi connectivity index (χ1v) is 6.12. The zero-order chi connectivity index (χ0) is 13.2. The molecule has 0 atom stereocenters. The van der Waals surface area contributed by atoms with Crippen molar-refractivity contribution in [1.29, 1.82) is 0 Å². The van der Waals surface area contributed by atoms with E-state index in [1.807, 2.05) is 24.3 Å². The van der Waals surface area contributed by atoms with E-state index in [0.717, 1.165) is 5.69 Å². The molecule has 0 aliphatic heterocycles. The lowest BCUT2D eigenvalue weighted by Crippen LogP contribution is -2.11. The zero-order valence-corrected chi connectivity index (χ0v) is 10.6. The van der Waals surface area contributed by atoms with Crippen LogP contribution >= 0.6 is 11.6 Å². The summed E-state index contributed by atoms with van der Waals surface area (Å²) in [6.07, 6.45) is 0. The molecule has 3 aromatic rings. The van der Waals surface area contributed by atoms with Crippen LogP contribution in [0.1, 0.15) is 0 Å². The van der Waals surface area contributed by atoms with E-state index in [1.54, 1.807) is 24.3 Å². The van der Waals surface area contributed by atoms with Crippen molar-refractivity contribution in [2.45, 2.75) is 0 Å². The van der Waals surface area contributed by atoms with E-state index in [4.69, 9.17) is 11.6 Å². The molecule has 0 saturated carbocycles. The van der Waals surface area contributed by atoms with Crippen molar-refractivity contribution >= 4 is 34.1 Å². The van der Waals surface area contributed by atoms with Crippen LogP contribution < -0.4 is 10.9 Å². The van der Waals surface area contributed by atoms with E-state index >= 15 is 0 Å². The number of halogens is 1. The Morgan fingerprint density at radius 1 is 1.11 bits per heavy atom. The minimum atomic E-state index is -0.171. The van der Waals surface area contributed by atoms with E-state index in [0.29, 0.717) is 21.9 Å². The second-order valence-electron chi connectivity index (χ2n) is 4.07. The normalized spacial score (nSPS) is 10.6. The molecule has 0 bridgehead atoms. The first-order chi connectivity index (χ1) is 9.22.